The fraction of sp³-hybridized carbons (Fsp3) is 0.667. The summed E-state index contributed by atoms with van der Waals surface area (Å²) in [6.07, 6.45) is 6.05. The van der Waals surface area contributed by atoms with E-state index in [4.69, 9.17) is 0 Å². The van der Waals surface area contributed by atoms with Gasteiger partial charge in [-0.1, -0.05) is 19.8 Å². The van der Waals surface area contributed by atoms with Crippen LogP contribution in [0.2, 0.25) is 0 Å². The van der Waals surface area contributed by atoms with E-state index in [1.165, 1.54) is 29.8 Å². The zero-order chi connectivity index (χ0) is 10.8. The largest absolute Gasteiger partial charge is 0.292 e. The van der Waals surface area contributed by atoms with E-state index < -0.39 is 0 Å². The van der Waals surface area contributed by atoms with Crippen LogP contribution in [0.5, 0.6) is 0 Å². The Morgan fingerprint density at radius 3 is 3.07 bits per heavy atom. The van der Waals surface area contributed by atoms with Gasteiger partial charge in [0.15, 0.2) is 10.8 Å². The van der Waals surface area contributed by atoms with Gasteiger partial charge in [0.1, 0.15) is 0 Å². The lowest BCUT2D eigenvalue weighted by atomic mass is 9.88. The Balaban J connectivity index is 2.15. The van der Waals surface area contributed by atoms with Crippen LogP contribution in [0.4, 0.5) is 0 Å². The molecule has 2 nitrogen and oxygen atoms in total. The van der Waals surface area contributed by atoms with Gasteiger partial charge in [-0.2, -0.15) is 0 Å². The number of aromatic nitrogens is 1. The normalized spacial score (nSPS) is 20.0. The van der Waals surface area contributed by atoms with E-state index in [0.717, 1.165) is 18.8 Å². The summed E-state index contributed by atoms with van der Waals surface area (Å²) in [6, 6.07) is 0. The van der Waals surface area contributed by atoms with Crippen molar-refractivity contribution in [3.8, 4) is 0 Å². The van der Waals surface area contributed by atoms with Crippen molar-refractivity contribution in [2.24, 2.45) is 5.92 Å². The molecule has 1 aliphatic carbocycles. The van der Waals surface area contributed by atoms with Crippen molar-refractivity contribution in [2.75, 3.05) is 0 Å². The van der Waals surface area contributed by atoms with E-state index in [1.807, 2.05) is 0 Å². The summed E-state index contributed by atoms with van der Waals surface area (Å²) in [4.78, 5) is 17.0. The molecule has 0 aliphatic heterocycles. The predicted octanol–water partition coefficient (Wildman–Crippen LogP) is 3.25. The molecule has 1 heterocycles. The van der Waals surface area contributed by atoms with Gasteiger partial charge in [-0.15, -0.1) is 11.3 Å². The summed E-state index contributed by atoms with van der Waals surface area (Å²) in [5, 5.41) is 0.706. The third kappa shape index (κ3) is 2.28. The van der Waals surface area contributed by atoms with Crippen LogP contribution in [0.1, 0.15) is 53.5 Å². The van der Waals surface area contributed by atoms with Crippen LogP contribution in [0, 0.1) is 5.92 Å². The minimum absolute atomic E-state index is 0.112. The molecule has 0 bridgehead atoms. The fourth-order valence-electron chi connectivity index (χ4n) is 2.25. The monoisotopic (exact) mass is 223 g/mol. The smallest absolute Gasteiger partial charge is 0.188 e. The third-order valence-corrected chi connectivity index (χ3v) is 4.26. The number of carbonyl (C=O) groups is 1. The van der Waals surface area contributed by atoms with Gasteiger partial charge in [-0.05, 0) is 25.2 Å². The number of thiazole rings is 1. The van der Waals surface area contributed by atoms with Gasteiger partial charge in [0.05, 0.1) is 5.69 Å². The molecule has 82 valence electrons. The molecule has 0 amide bonds. The van der Waals surface area contributed by atoms with Crippen molar-refractivity contribution < 1.29 is 4.79 Å². The zero-order valence-electron chi connectivity index (χ0n) is 9.38. The van der Waals surface area contributed by atoms with E-state index in [2.05, 4.69) is 11.9 Å². The SMILES string of the molecule is CCCC1CCc2nc(C(C)=O)sc2C1. The van der Waals surface area contributed by atoms with Crippen molar-refractivity contribution in [2.45, 2.75) is 46.0 Å². The summed E-state index contributed by atoms with van der Waals surface area (Å²) in [7, 11) is 0. The second-order valence-corrected chi connectivity index (χ2v) is 5.43. The zero-order valence-corrected chi connectivity index (χ0v) is 10.2. The van der Waals surface area contributed by atoms with Crippen LogP contribution in [-0.2, 0) is 12.8 Å². The van der Waals surface area contributed by atoms with Gasteiger partial charge in [0.2, 0.25) is 0 Å². The van der Waals surface area contributed by atoms with Gasteiger partial charge in [0, 0.05) is 11.8 Å². The highest BCUT2D eigenvalue weighted by Gasteiger charge is 2.22. The number of ketones is 1. The highest BCUT2D eigenvalue weighted by atomic mass is 32.1. The number of fused-ring (bicyclic) bond motifs is 1. The first-order valence-electron chi connectivity index (χ1n) is 5.70. The standard InChI is InChI=1S/C12H17NOS/c1-3-4-9-5-6-10-11(7-9)15-12(13-10)8(2)14/h9H,3-7H2,1-2H3. The maximum Gasteiger partial charge on any atom is 0.188 e. The Kier molecular flexibility index (Phi) is 3.19. The average molecular weight is 223 g/mol. The summed E-state index contributed by atoms with van der Waals surface area (Å²) in [6.45, 7) is 3.84. The second kappa shape index (κ2) is 4.44. The Labute approximate surface area is 94.7 Å². The van der Waals surface area contributed by atoms with Crippen LogP contribution in [0.15, 0.2) is 0 Å². The first-order chi connectivity index (χ1) is 7.20. The van der Waals surface area contributed by atoms with E-state index in [1.54, 1.807) is 18.3 Å². The third-order valence-electron chi connectivity index (χ3n) is 3.04. The van der Waals surface area contributed by atoms with Crippen LogP contribution in [0.25, 0.3) is 0 Å². The van der Waals surface area contributed by atoms with E-state index in [9.17, 15) is 4.79 Å². The minimum Gasteiger partial charge on any atom is -0.292 e. The first-order valence-corrected chi connectivity index (χ1v) is 6.52. The topological polar surface area (TPSA) is 30.0 Å². The van der Waals surface area contributed by atoms with Crippen molar-refractivity contribution in [1.82, 2.24) is 4.98 Å². The lowest BCUT2D eigenvalue weighted by Crippen LogP contribution is -2.12. The molecular weight excluding hydrogens is 206 g/mol. The molecule has 1 unspecified atom stereocenters. The first kappa shape index (κ1) is 10.8. The summed E-state index contributed by atoms with van der Waals surface area (Å²) in [5.41, 5.74) is 1.19. The fourth-order valence-corrected chi connectivity index (χ4v) is 3.37. The molecule has 2 rings (SSSR count). The van der Waals surface area contributed by atoms with Gasteiger partial charge in [-0.25, -0.2) is 4.98 Å². The van der Waals surface area contributed by atoms with Crippen LogP contribution in [0.3, 0.4) is 0 Å². The van der Waals surface area contributed by atoms with Gasteiger partial charge >= 0.3 is 0 Å². The quantitative estimate of drug-likeness (QED) is 0.736. The lowest BCUT2D eigenvalue weighted by molar-refractivity contribution is 0.101. The number of Topliss-reactive ketones (excluding diaryl/α,β-unsaturated/α-hetero) is 1. The Morgan fingerprint density at radius 1 is 1.60 bits per heavy atom. The number of hydrogen-bond donors (Lipinski definition) is 0. The molecule has 1 aliphatic rings. The van der Waals surface area contributed by atoms with Gasteiger partial charge < -0.3 is 0 Å². The van der Waals surface area contributed by atoms with E-state index >= 15 is 0 Å². The molecule has 0 spiro atoms. The van der Waals surface area contributed by atoms with Gasteiger partial charge in [0.25, 0.3) is 0 Å². The molecule has 0 N–H and O–H groups in total. The Hall–Kier alpha value is -0.700. The number of rotatable bonds is 3. The molecular formula is C12H17NOS. The molecule has 0 fully saturated rings. The molecule has 3 heteroatoms. The van der Waals surface area contributed by atoms with Crippen LogP contribution < -0.4 is 0 Å². The summed E-state index contributed by atoms with van der Waals surface area (Å²) in [5.74, 6) is 0.934. The summed E-state index contributed by atoms with van der Waals surface area (Å²) >= 11 is 1.61. The highest BCUT2D eigenvalue weighted by Crippen LogP contribution is 2.32. The number of carbonyl (C=O) groups excluding carboxylic acids is 1. The number of nitrogens with zero attached hydrogens (tertiary/aromatic N) is 1. The maximum atomic E-state index is 11.2. The second-order valence-electron chi connectivity index (χ2n) is 4.34. The molecule has 1 atom stereocenters. The van der Waals surface area contributed by atoms with Gasteiger partial charge in [-0.3, -0.25) is 4.79 Å². The molecule has 1 aromatic rings. The van der Waals surface area contributed by atoms with Crippen molar-refractivity contribution >= 4 is 17.1 Å². The van der Waals surface area contributed by atoms with Crippen molar-refractivity contribution in [1.29, 1.82) is 0 Å². The molecule has 0 saturated carbocycles. The van der Waals surface area contributed by atoms with Crippen LogP contribution >= 0.6 is 11.3 Å². The Bertz CT molecular complexity index is 370. The minimum atomic E-state index is 0.112. The molecule has 0 radical (unpaired) electrons. The van der Waals surface area contributed by atoms with E-state index in [0.29, 0.717) is 5.01 Å². The van der Waals surface area contributed by atoms with Crippen molar-refractivity contribution in [3.63, 3.8) is 0 Å². The lowest BCUT2D eigenvalue weighted by Gasteiger charge is -2.20. The number of aryl methyl sites for hydroxylation is 1. The molecule has 1 aromatic heterocycles. The van der Waals surface area contributed by atoms with E-state index in [-0.39, 0.29) is 5.78 Å². The highest BCUT2D eigenvalue weighted by molar-refractivity contribution is 7.13. The van der Waals surface area contributed by atoms with Crippen LogP contribution in [-0.4, -0.2) is 10.8 Å². The molecule has 15 heavy (non-hydrogen) atoms. The molecule has 0 saturated heterocycles. The Morgan fingerprint density at radius 2 is 2.40 bits per heavy atom. The predicted molar refractivity (Wildman–Crippen MR) is 62.5 cm³/mol. The molecule has 0 aromatic carbocycles. The summed E-state index contributed by atoms with van der Waals surface area (Å²) < 4.78 is 0. The average Bonchev–Trinajstić information content (AvgIpc) is 2.61. The number of hydrogen-bond acceptors (Lipinski definition) is 3. The maximum absolute atomic E-state index is 11.2. The van der Waals surface area contributed by atoms with Crippen molar-refractivity contribution in [3.05, 3.63) is 15.6 Å².